The van der Waals surface area contributed by atoms with Crippen molar-refractivity contribution in [3.8, 4) is 22.6 Å². The van der Waals surface area contributed by atoms with E-state index in [-0.39, 0.29) is 17.4 Å². The van der Waals surface area contributed by atoms with E-state index in [0.717, 1.165) is 12.8 Å². The zero-order chi connectivity index (χ0) is 24.5. The number of ether oxygens (including phenoxy) is 1. The number of nitrogens with two attached hydrogens (primary N) is 1. The molecule has 3 heterocycles. The van der Waals surface area contributed by atoms with Gasteiger partial charge in [0.25, 0.3) is 5.56 Å². The Balaban J connectivity index is 1.58. The van der Waals surface area contributed by atoms with E-state index >= 15 is 4.39 Å². The summed E-state index contributed by atoms with van der Waals surface area (Å²) in [4.78, 5) is 14.8. The number of nitrogen functional groups attached to an aromatic ring is 1. The number of rotatable bonds is 6. The van der Waals surface area contributed by atoms with Crippen LogP contribution in [0, 0.1) is 5.82 Å². The quantitative estimate of drug-likeness (QED) is 0.363. The highest BCUT2D eigenvalue weighted by molar-refractivity contribution is 6.02. The first-order chi connectivity index (χ1) is 17.0. The van der Waals surface area contributed by atoms with E-state index in [1.165, 1.54) is 12.1 Å². The number of nitrogens with one attached hydrogen (secondary N) is 1. The third-order valence-corrected chi connectivity index (χ3v) is 6.40. The number of aromatic nitrogens is 3. The maximum atomic E-state index is 15.4. The molecule has 1 fully saturated rings. The number of hydrogen-bond donors (Lipinski definition) is 3. The van der Waals surface area contributed by atoms with E-state index in [1.807, 2.05) is 27.7 Å². The minimum atomic E-state index is -0.779. The number of fused-ring (bicyclic) bond motifs is 1. The summed E-state index contributed by atoms with van der Waals surface area (Å²) in [6, 6.07) is 13.6. The van der Waals surface area contributed by atoms with Gasteiger partial charge in [-0.2, -0.15) is 5.10 Å². The zero-order valence-electron chi connectivity index (χ0n) is 19.0. The summed E-state index contributed by atoms with van der Waals surface area (Å²) in [6.07, 6.45) is 4.06. The van der Waals surface area contributed by atoms with Crippen molar-refractivity contribution in [3.63, 3.8) is 0 Å². The van der Waals surface area contributed by atoms with Gasteiger partial charge in [0.2, 0.25) is 0 Å². The molecular formula is C26H26FN5O3. The molecule has 2 aromatic carbocycles. The molecule has 1 aliphatic rings. The first-order valence-corrected chi connectivity index (χ1v) is 11.4. The van der Waals surface area contributed by atoms with Crippen molar-refractivity contribution in [1.29, 1.82) is 0 Å². The Morgan fingerprint density at radius 2 is 2.03 bits per heavy atom. The van der Waals surface area contributed by atoms with Crippen LogP contribution in [0.3, 0.4) is 0 Å². The van der Waals surface area contributed by atoms with E-state index in [1.54, 1.807) is 30.5 Å². The molecule has 0 bridgehead atoms. The fourth-order valence-electron chi connectivity index (χ4n) is 4.73. The number of aliphatic hydroxyl groups is 1. The molecule has 0 radical (unpaired) electrons. The molecule has 1 saturated heterocycles. The van der Waals surface area contributed by atoms with Crippen LogP contribution in [0.1, 0.15) is 18.9 Å². The van der Waals surface area contributed by atoms with Crippen LogP contribution < -0.4 is 16.0 Å². The van der Waals surface area contributed by atoms with E-state index in [9.17, 15) is 9.90 Å². The predicted molar refractivity (Wildman–Crippen MR) is 133 cm³/mol. The summed E-state index contributed by atoms with van der Waals surface area (Å²) in [5.74, 6) is 0.548. The first kappa shape index (κ1) is 22.8. The second-order valence-corrected chi connectivity index (χ2v) is 8.61. The van der Waals surface area contributed by atoms with Crippen LogP contribution in [0.4, 0.5) is 10.2 Å². The van der Waals surface area contributed by atoms with Crippen LogP contribution in [0.2, 0.25) is 0 Å². The lowest BCUT2D eigenvalue weighted by Crippen LogP contribution is -2.42. The van der Waals surface area contributed by atoms with Gasteiger partial charge in [0.05, 0.1) is 5.39 Å². The Kier molecular flexibility index (Phi) is 6.10. The number of halogens is 1. The standard InChI is InChI=1S/C26H26FN5O3/c1-2-22(33)31-12-6-7-16(14-31)32-15-20(23-24(32)26(34)30-29-25(23)28)19-11-10-18(13-21(19)27)35-17-8-4-3-5-9-17/h2-5,8-11,13,15-16,22,33H,1,6-7,12,14H2,(H2,28,29)(H,30,34)/t16-,22?/m1/s1. The number of likely N-dealkylation sites (tertiary alicyclic amines) is 1. The number of aromatic amines is 1. The third-order valence-electron chi connectivity index (χ3n) is 6.40. The lowest BCUT2D eigenvalue weighted by molar-refractivity contribution is 0.0143. The van der Waals surface area contributed by atoms with E-state index in [2.05, 4.69) is 16.8 Å². The van der Waals surface area contributed by atoms with Gasteiger partial charge in [0.1, 0.15) is 29.1 Å². The maximum absolute atomic E-state index is 15.4. The Bertz CT molecular complexity index is 1430. The number of benzene rings is 2. The third kappa shape index (κ3) is 4.31. The molecule has 1 aliphatic heterocycles. The zero-order valence-corrected chi connectivity index (χ0v) is 19.0. The molecule has 180 valence electrons. The summed E-state index contributed by atoms with van der Waals surface area (Å²) in [6.45, 7) is 4.89. The average molecular weight is 476 g/mol. The Morgan fingerprint density at radius 1 is 1.23 bits per heavy atom. The van der Waals surface area contributed by atoms with Crippen LogP contribution in [0.15, 0.2) is 72.2 Å². The van der Waals surface area contributed by atoms with Gasteiger partial charge in [-0.25, -0.2) is 9.49 Å². The molecule has 2 atom stereocenters. The first-order valence-electron chi connectivity index (χ1n) is 11.4. The van der Waals surface area contributed by atoms with Crippen molar-refractivity contribution in [2.45, 2.75) is 25.1 Å². The molecule has 8 nitrogen and oxygen atoms in total. The number of H-pyrrole nitrogens is 1. The molecule has 4 N–H and O–H groups in total. The van der Waals surface area contributed by atoms with Crippen LogP contribution in [-0.4, -0.2) is 44.1 Å². The molecule has 9 heteroatoms. The fraction of sp³-hybridized carbons (Fsp3) is 0.231. The molecule has 0 saturated carbocycles. The van der Waals surface area contributed by atoms with Crippen LogP contribution in [0.5, 0.6) is 11.5 Å². The highest BCUT2D eigenvalue weighted by Gasteiger charge is 2.28. The van der Waals surface area contributed by atoms with Crippen LogP contribution in [-0.2, 0) is 0 Å². The second-order valence-electron chi connectivity index (χ2n) is 8.61. The number of para-hydroxylation sites is 1. The largest absolute Gasteiger partial charge is 0.457 e. The number of nitrogens with zero attached hydrogens (tertiary/aromatic N) is 3. The van der Waals surface area contributed by atoms with Gasteiger partial charge >= 0.3 is 0 Å². The van der Waals surface area contributed by atoms with E-state index in [0.29, 0.717) is 41.1 Å². The molecule has 5 rings (SSSR count). The van der Waals surface area contributed by atoms with Gasteiger partial charge < -0.3 is 20.1 Å². The highest BCUT2D eigenvalue weighted by atomic mass is 19.1. The lowest BCUT2D eigenvalue weighted by atomic mass is 10.0. The smallest absolute Gasteiger partial charge is 0.288 e. The van der Waals surface area contributed by atoms with Crippen LogP contribution >= 0.6 is 0 Å². The number of hydrogen-bond acceptors (Lipinski definition) is 6. The van der Waals surface area contributed by atoms with Gasteiger partial charge in [-0.05, 0) is 43.2 Å². The van der Waals surface area contributed by atoms with Crippen molar-refractivity contribution in [2.24, 2.45) is 0 Å². The number of aliphatic hydroxyl groups excluding tert-OH is 1. The molecular weight excluding hydrogens is 449 g/mol. The Morgan fingerprint density at radius 3 is 2.77 bits per heavy atom. The van der Waals surface area contributed by atoms with Gasteiger partial charge in [0.15, 0.2) is 5.82 Å². The summed E-state index contributed by atoms with van der Waals surface area (Å²) in [7, 11) is 0. The molecule has 2 aromatic heterocycles. The summed E-state index contributed by atoms with van der Waals surface area (Å²) in [5, 5.41) is 17.0. The molecule has 1 unspecified atom stereocenters. The number of piperidine rings is 1. The molecule has 35 heavy (non-hydrogen) atoms. The molecule has 0 amide bonds. The van der Waals surface area contributed by atoms with Gasteiger partial charge in [-0.15, -0.1) is 0 Å². The highest BCUT2D eigenvalue weighted by Crippen LogP contribution is 2.38. The number of anilines is 1. The Hall–Kier alpha value is -3.95. The summed E-state index contributed by atoms with van der Waals surface area (Å²) >= 11 is 0. The van der Waals surface area contributed by atoms with Crippen LogP contribution in [0.25, 0.3) is 22.0 Å². The van der Waals surface area contributed by atoms with Crippen molar-refractivity contribution in [3.05, 3.63) is 83.6 Å². The van der Waals surface area contributed by atoms with E-state index in [4.69, 9.17) is 10.5 Å². The summed E-state index contributed by atoms with van der Waals surface area (Å²) in [5.41, 5.74) is 6.86. The SMILES string of the molecule is C=CC(O)N1CCC[C@@H](n2cc(-c3ccc(Oc4ccccc4)cc3F)c3c(N)n[nH]c(=O)c32)C1. The van der Waals surface area contributed by atoms with Crippen molar-refractivity contribution < 1.29 is 14.2 Å². The molecule has 4 aromatic rings. The molecule has 0 aliphatic carbocycles. The minimum Gasteiger partial charge on any atom is -0.457 e. The van der Waals surface area contributed by atoms with Gasteiger partial charge in [0, 0.05) is 42.5 Å². The topological polar surface area (TPSA) is 109 Å². The maximum Gasteiger partial charge on any atom is 0.288 e. The second kappa shape index (κ2) is 9.36. The monoisotopic (exact) mass is 475 g/mol. The van der Waals surface area contributed by atoms with E-state index < -0.39 is 17.6 Å². The minimum absolute atomic E-state index is 0.108. The average Bonchev–Trinajstić information content (AvgIpc) is 3.28. The summed E-state index contributed by atoms with van der Waals surface area (Å²) < 4.78 is 23.0. The van der Waals surface area contributed by atoms with Crippen molar-refractivity contribution in [1.82, 2.24) is 19.7 Å². The lowest BCUT2D eigenvalue weighted by Gasteiger charge is -2.35. The molecule has 0 spiro atoms. The van der Waals surface area contributed by atoms with Crippen molar-refractivity contribution in [2.75, 3.05) is 18.8 Å². The predicted octanol–water partition coefficient (Wildman–Crippen LogP) is 4.05. The normalized spacial score (nSPS) is 17.4. The Labute approximate surface area is 201 Å². The van der Waals surface area contributed by atoms with Gasteiger partial charge in [-0.1, -0.05) is 24.8 Å². The fourth-order valence-corrected chi connectivity index (χ4v) is 4.73. The van der Waals surface area contributed by atoms with Gasteiger partial charge in [-0.3, -0.25) is 9.69 Å². The van der Waals surface area contributed by atoms with Crippen molar-refractivity contribution >= 4 is 16.7 Å².